The maximum absolute atomic E-state index is 12.1. The predicted octanol–water partition coefficient (Wildman–Crippen LogP) is 0.829. The lowest BCUT2D eigenvalue weighted by atomic mass is 10.2. The number of hydrogen-bond acceptors (Lipinski definition) is 4. The van der Waals surface area contributed by atoms with Gasteiger partial charge in [0.2, 0.25) is 0 Å². The summed E-state index contributed by atoms with van der Waals surface area (Å²) >= 11 is 0. The number of pyridine rings is 1. The van der Waals surface area contributed by atoms with Gasteiger partial charge in [-0.3, -0.25) is 9.59 Å². The fourth-order valence-electron chi connectivity index (χ4n) is 1.83. The number of aryl methyl sites for hydroxylation is 2. The van der Waals surface area contributed by atoms with E-state index in [9.17, 15) is 9.59 Å². The van der Waals surface area contributed by atoms with E-state index < -0.39 is 5.97 Å². The lowest BCUT2D eigenvalue weighted by Gasteiger charge is -2.08. The van der Waals surface area contributed by atoms with Gasteiger partial charge in [-0.05, 0) is 19.1 Å². The molecule has 2 heterocycles. The van der Waals surface area contributed by atoms with Gasteiger partial charge >= 0.3 is 5.97 Å². The van der Waals surface area contributed by atoms with Crippen LogP contribution >= 0.6 is 0 Å². The molecule has 0 fully saturated rings. The second-order valence-electron chi connectivity index (χ2n) is 3.85. The summed E-state index contributed by atoms with van der Waals surface area (Å²) in [6.07, 6.45) is 1.62. The highest BCUT2D eigenvalue weighted by Gasteiger charge is 2.11. The van der Waals surface area contributed by atoms with Crippen LogP contribution in [0.5, 0.6) is 0 Å². The molecule has 0 aromatic carbocycles. The van der Waals surface area contributed by atoms with Gasteiger partial charge in [-0.15, -0.1) is 0 Å². The Morgan fingerprint density at radius 3 is 2.94 bits per heavy atom. The first-order chi connectivity index (χ1) is 8.63. The number of carboxylic acid groups (broad SMARTS) is 1. The van der Waals surface area contributed by atoms with Crippen LogP contribution in [0.15, 0.2) is 23.1 Å². The summed E-state index contributed by atoms with van der Waals surface area (Å²) in [6, 6.07) is 3.52. The van der Waals surface area contributed by atoms with Crippen LogP contribution in [0.4, 0.5) is 0 Å². The van der Waals surface area contributed by atoms with E-state index in [0.29, 0.717) is 17.7 Å². The van der Waals surface area contributed by atoms with E-state index in [2.05, 4.69) is 9.97 Å². The molecule has 6 nitrogen and oxygen atoms in total. The van der Waals surface area contributed by atoms with Crippen LogP contribution in [0.3, 0.4) is 0 Å². The first-order valence-electron chi connectivity index (χ1n) is 5.69. The van der Waals surface area contributed by atoms with Crippen molar-refractivity contribution < 1.29 is 9.90 Å². The molecule has 6 heteroatoms. The molecule has 0 bridgehead atoms. The van der Waals surface area contributed by atoms with Crippen molar-refractivity contribution >= 4 is 17.1 Å². The van der Waals surface area contributed by atoms with Crippen molar-refractivity contribution in [1.29, 1.82) is 0 Å². The first-order valence-corrected chi connectivity index (χ1v) is 5.69. The van der Waals surface area contributed by atoms with Crippen molar-refractivity contribution in [3.8, 4) is 0 Å². The average Bonchev–Trinajstić information content (AvgIpc) is 2.36. The van der Waals surface area contributed by atoms with Crippen LogP contribution in [-0.4, -0.2) is 25.6 Å². The number of carbonyl (C=O) groups is 1. The van der Waals surface area contributed by atoms with Gasteiger partial charge in [0.05, 0.1) is 11.9 Å². The number of nitrogens with zero attached hydrogens (tertiary/aromatic N) is 3. The predicted molar refractivity (Wildman–Crippen MR) is 65.4 cm³/mol. The second kappa shape index (κ2) is 4.95. The molecule has 18 heavy (non-hydrogen) atoms. The number of aromatic nitrogens is 3. The van der Waals surface area contributed by atoms with Gasteiger partial charge in [-0.2, -0.15) is 0 Å². The third-order valence-electron chi connectivity index (χ3n) is 2.68. The molecule has 94 valence electrons. The van der Waals surface area contributed by atoms with Crippen molar-refractivity contribution in [2.24, 2.45) is 0 Å². The summed E-state index contributed by atoms with van der Waals surface area (Å²) in [5, 5.41) is 8.65. The zero-order valence-corrected chi connectivity index (χ0v) is 9.96. The zero-order valence-electron chi connectivity index (χ0n) is 9.96. The largest absolute Gasteiger partial charge is 0.481 e. The molecule has 2 rings (SSSR count). The number of aliphatic carboxylic acids is 1. The van der Waals surface area contributed by atoms with E-state index in [-0.39, 0.29) is 24.1 Å². The van der Waals surface area contributed by atoms with E-state index in [4.69, 9.17) is 5.11 Å². The molecule has 0 radical (unpaired) electrons. The minimum Gasteiger partial charge on any atom is -0.481 e. The summed E-state index contributed by atoms with van der Waals surface area (Å²) in [7, 11) is 0. The third kappa shape index (κ3) is 2.22. The van der Waals surface area contributed by atoms with Crippen molar-refractivity contribution in [3.63, 3.8) is 0 Å². The molecular weight excluding hydrogens is 234 g/mol. The van der Waals surface area contributed by atoms with E-state index in [1.165, 1.54) is 0 Å². The van der Waals surface area contributed by atoms with Gasteiger partial charge < -0.3 is 9.67 Å². The smallest absolute Gasteiger partial charge is 0.303 e. The Hall–Kier alpha value is -2.24. The molecule has 0 saturated heterocycles. The van der Waals surface area contributed by atoms with Gasteiger partial charge in [0.25, 0.3) is 5.56 Å². The van der Waals surface area contributed by atoms with E-state index >= 15 is 0 Å². The molecular formula is C12H13N3O3. The highest BCUT2D eigenvalue weighted by Crippen LogP contribution is 2.07. The molecule has 0 saturated carbocycles. The summed E-state index contributed by atoms with van der Waals surface area (Å²) < 4.78 is 1.56. The monoisotopic (exact) mass is 247 g/mol. The van der Waals surface area contributed by atoms with Crippen LogP contribution in [0, 0.1) is 0 Å². The Labute approximate surface area is 103 Å². The lowest BCUT2D eigenvalue weighted by molar-refractivity contribution is -0.136. The van der Waals surface area contributed by atoms with Gasteiger partial charge in [0.1, 0.15) is 5.69 Å². The molecule has 1 N–H and O–H groups in total. The molecule has 0 amide bonds. The van der Waals surface area contributed by atoms with Crippen LogP contribution < -0.4 is 5.56 Å². The topological polar surface area (TPSA) is 85.1 Å². The Kier molecular flexibility index (Phi) is 3.36. The molecule has 0 aliphatic carbocycles. The number of fused-ring (bicyclic) bond motifs is 1. The third-order valence-corrected chi connectivity index (χ3v) is 2.68. The van der Waals surface area contributed by atoms with E-state index in [1.54, 1.807) is 22.9 Å². The molecule has 0 spiro atoms. The first kappa shape index (κ1) is 12.2. The van der Waals surface area contributed by atoms with Crippen molar-refractivity contribution in [2.75, 3.05) is 0 Å². The van der Waals surface area contributed by atoms with Gasteiger partial charge in [0.15, 0.2) is 5.65 Å². The Bertz CT molecular complexity index is 649. The van der Waals surface area contributed by atoms with Gasteiger partial charge in [-0.1, -0.05) is 0 Å². The summed E-state index contributed by atoms with van der Waals surface area (Å²) in [5.41, 5.74) is 1.16. The molecule has 0 aliphatic heterocycles. The number of hydrogen-bond donors (Lipinski definition) is 1. The fourth-order valence-corrected chi connectivity index (χ4v) is 1.83. The molecule has 0 unspecified atom stereocenters. The SMILES string of the molecule is CCn1c(=O)c(CCC(=O)O)nc2ncccc21. The normalized spacial score (nSPS) is 10.7. The molecule has 2 aromatic heterocycles. The maximum atomic E-state index is 12.1. The Morgan fingerprint density at radius 2 is 2.28 bits per heavy atom. The van der Waals surface area contributed by atoms with Crippen LogP contribution in [0.1, 0.15) is 19.0 Å². The van der Waals surface area contributed by atoms with E-state index in [1.807, 2.05) is 6.92 Å². The van der Waals surface area contributed by atoms with E-state index in [0.717, 1.165) is 0 Å². The van der Waals surface area contributed by atoms with Gasteiger partial charge in [0, 0.05) is 19.2 Å². The Morgan fingerprint density at radius 1 is 1.50 bits per heavy atom. The summed E-state index contributed by atoms with van der Waals surface area (Å²) in [6.45, 7) is 2.36. The average molecular weight is 247 g/mol. The molecule has 0 atom stereocenters. The quantitative estimate of drug-likeness (QED) is 0.864. The van der Waals surface area contributed by atoms with Crippen molar-refractivity contribution in [1.82, 2.24) is 14.5 Å². The minimum absolute atomic E-state index is 0.107. The summed E-state index contributed by atoms with van der Waals surface area (Å²) in [4.78, 5) is 30.9. The summed E-state index contributed by atoms with van der Waals surface area (Å²) in [5.74, 6) is -0.944. The number of carboxylic acids is 1. The number of rotatable bonds is 4. The van der Waals surface area contributed by atoms with Crippen LogP contribution in [-0.2, 0) is 17.8 Å². The fraction of sp³-hybridized carbons (Fsp3) is 0.333. The van der Waals surface area contributed by atoms with Crippen LogP contribution in [0.25, 0.3) is 11.2 Å². The van der Waals surface area contributed by atoms with Crippen molar-refractivity contribution in [2.45, 2.75) is 26.3 Å². The van der Waals surface area contributed by atoms with Gasteiger partial charge in [-0.25, -0.2) is 9.97 Å². The zero-order chi connectivity index (χ0) is 13.1. The second-order valence-corrected chi connectivity index (χ2v) is 3.85. The molecule has 2 aromatic rings. The molecule has 0 aliphatic rings. The highest BCUT2D eigenvalue weighted by atomic mass is 16.4. The minimum atomic E-state index is -0.944. The standard InChI is InChI=1S/C12H13N3O3/c1-2-15-9-4-3-7-13-11(9)14-8(12(15)18)5-6-10(16)17/h3-4,7H,2,5-6H2,1H3,(H,16,17). The maximum Gasteiger partial charge on any atom is 0.303 e. The van der Waals surface area contributed by atoms with Crippen molar-refractivity contribution in [3.05, 3.63) is 34.4 Å². The highest BCUT2D eigenvalue weighted by molar-refractivity contribution is 5.70. The Balaban J connectivity index is 2.58. The van der Waals surface area contributed by atoms with Crippen LogP contribution in [0.2, 0.25) is 0 Å². The lowest BCUT2D eigenvalue weighted by Crippen LogP contribution is -2.26.